The summed E-state index contributed by atoms with van der Waals surface area (Å²) in [5, 5.41) is 3.48. The molecular weight excluding hydrogens is 907 g/mol. The minimum absolute atomic E-state index is 0. The van der Waals surface area contributed by atoms with E-state index in [0.717, 1.165) is 86.4 Å². The number of fused-ring (bicyclic) bond motifs is 4. The van der Waals surface area contributed by atoms with Gasteiger partial charge in [-0.15, -0.1) is 59.7 Å². The first kappa shape index (κ1) is 40.7. The molecule has 0 unspecified atom stereocenters. The Morgan fingerprint density at radius 1 is 0.741 bits per heavy atom. The Hall–Kier alpha value is -5.53. The van der Waals surface area contributed by atoms with Crippen molar-refractivity contribution in [2.75, 3.05) is 0 Å². The predicted molar refractivity (Wildman–Crippen MR) is 237 cm³/mol. The third-order valence-electron chi connectivity index (χ3n) is 10.6. The fourth-order valence-electron chi connectivity index (χ4n) is 7.61. The third kappa shape index (κ3) is 8.51. The van der Waals surface area contributed by atoms with E-state index in [-0.39, 0.29) is 20.1 Å². The smallest absolute Gasteiger partial charge is 0.216 e. The van der Waals surface area contributed by atoms with Crippen LogP contribution in [0.25, 0.3) is 61.4 Å². The van der Waals surface area contributed by atoms with Gasteiger partial charge in [-0.2, -0.15) is 0 Å². The molecule has 0 aliphatic heterocycles. The standard InChI is InChI=1S/C29H25N4O.C21H22NSi.Ir/c1-4-19(5-2)24-13-12-22-23-16-20(11-14-27(23)34-29(22)32-24)28-31-25-15-18(3)30-17-26(25)33(28)21-9-7-6-8-10-21;1-23(2,3)21-16-22-20(18-12-8-5-9-13-18)15-19(21)14-17-10-6-4-7-11-17;/h6-10,12-17,19H,4-5H2,1-3H3;4-12,15-16H,14H2,1-3H3;/q2*-1;. The fourth-order valence-corrected chi connectivity index (χ4v) is 9.19. The Morgan fingerprint density at radius 3 is 2.19 bits per heavy atom. The van der Waals surface area contributed by atoms with E-state index in [1.807, 2.05) is 61.7 Å². The fraction of sp³-hybridized carbons (Fsp3) is 0.200. The van der Waals surface area contributed by atoms with E-state index in [1.54, 1.807) is 0 Å². The molecule has 0 aliphatic rings. The first-order valence-corrected chi connectivity index (χ1v) is 23.4. The molecule has 0 saturated carbocycles. The Morgan fingerprint density at radius 2 is 1.48 bits per heavy atom. The quantitative estimate of drug-likeness (QED) is 0.106. The molecule has 6 nitrogen and oxygen atoms in total. The first-order valence-electron chi connectivity index (χ1n) is 19.9. The topological polar surface area (TPSA) is 69.6 Å². The molecule has 0 atom stereocenters. The Bertz CT molecular complexity index is 2790. The van der Waals surface area contributed by atoms with Gasteiger partial charge >= 0.3 is 0 Å². The van der Waals surface area contributed by atoms with Crippen LogP contribution >= 0.6 is 0 Å². The molecule has 0 N–H and O–H groups in total. The van der Waals surface area contributed by atoms with Crippen molar-refractivity contribution >= 4 is 46.4 Å². The Labute approximate surface area is 355 Å². The molecular formula is C50H47IrN5OSi-2. The summed E-state index contributed by atoms with van der Waals surface area (Å²) in [6, 6.07) is 48.2. The normalized spacial score (nSPS) is 11.5. The van der Waals surface area contributed by atoms with Crippen LogP contribution in [0.15, 0.2) is 138 Å². The van der Waals surface area contributed by atoms with Crippen molar-refractivity contribution in [2.45, 2.75) is 65.6 Å². The number of para-hydroxylation sites is 1. The molecule has 293 valence electrons. The predicted octanol–water partition coefficient (Wildman–Crippen LogP) is 12.1. The van der Waals surface area contributed by atoms with Crippen molar-refractivity contribution in [2.24, 2.45) is 0 Å². The monoisotopic (exact) mass is 954 g/mol. The minimum Gasteiger partial charge on any atom is -0.486 e. The molecule has 0 fully saturated rings. The van der Waals surface area contributed by atoms with Crippen LogP contribution in [-0.4, -0.2) is 32.6 Å². The van der Waals surface area contributed by atoms with Crippen LogP contribution in [0.1, 0.15) is 55.1 Å². The zero-order chi connectivity index (χ0) is 39.5. The summed E-state index contributed by atoms with van der Waals surface area (Å²) in [5.74, 6) is 1.27. The third-order valence-corrected chi connectivity index (χ3v) is 12.7. The van der Waals surface area contributed by atoms with Crippen LogP contribution in [0.2, 0.25) is 19.6 Å². The van der Waals surface area contributed by atoms with E-state index >= 15 is 0 Å². The van der Waals surface area contributed by atoms with Gasteiger partial charge in [-0.1, -0.05) is 99.0 Å². The van der Waals surface area contributed by atoms with E-state index in [9.17, 15) is 0 Å². The Balaban J connectivity index is 0.000000187. The van der Waals surface area contributed by atoms with Gasteiger partial charge in [-0.3, -0.25) is 9.97 Å². The van der Waals surface area contributed by atoms with Gasteiger partial charge in [0.25, 0.3) is 0 Å². The minimum atomic E-state index is -1.43. The van der Waals surface area contributed by atoms with Crippen molar-refractivity contribution < 1.29 is 24.5 Å². The average Bonchev–Trinajstić information content (AvgIpc) is 3.79. The summed E-state index contributed by atoms with van der Waals surface area (Å²) in [5.41, 5.74) is 12.1. The number of benzene rings is 4. The first-order chi connectivity index (χ1) is 27.7. The van der Waals surface area contributed by atoms with Crippen LogP contribution in [0.4, 0.5) is 0 Å². The molecule has 9 aromatic rings. The van der Waals surface area contributed by atoms with Gasteiger partial charge in [0.15, 0.2) is 0 Å². The van der Waals surface area contributed by atoms with Crippen LogP contribution in [0, 0.1) is 19.1 Å². The summed E-state index contributed by atoms with van der Waals surface area (Å²) in [6.07, 6.45) is 7.08. The maximum Gasteiger partial charge on any atom is 0.216 e. The second kappa shape index (κ2) is 17.5. The summed E-state index contributed by atoms with van der Waals surface area (Å²) in [4.78, 5) is 19.1. The SMILES string of the molecule is CCC(CC)c1ccc2c(n1)oc1c[c-]c(-c3nc4cc(C)ncc4n3-c3ccccc3)cc12.C[Si](C)(C)c1cnc(-c2[c-]cccc2)cc1Cc1ccccc1.[Ir]. The number of furan rings is 1. The van der Waals surface area contributed by atoms with Gasteiger partial charge in [0.05, 0.1) is 36.7 Å². The summed E-state index contributed by atoms with van der Waals surface area (Å²) >= 11 is 0. The molecule has 1 radical (unpaired) electrons. The maximum absolute atomic E-state index is 6.13. The molecule has 0 spiro atoms. The van der Waals surface area contributed by atoms with Gasteiger partial charge < -0.3 is 14.0 Å². The van der Waals surface area contributed by atoms with E-state index in [1.165, 1.54) is 16.3 Å². The van der Waals surface area contributed by atoms with Gasteiger partial charge in [0.1, 0.15) is 0 Å². The number of aromatic nitrogens is 5. The van der Waals surface area contributed by atoms with Crippen LogP contribution in [0.5, 0.6) is 0 Å². The van der Waals surface area contributed by atoms with Crippen LogP contribution in [-0.2, 0) is 26.5 Å². The largest absolute Gasteiger partial charge is 0.486 e. The molecule has 8 heteroatoms. The molecule has 4 aromatic carbocycles. The molecule has 9 rings (SSSR count). The number of rotatable bonds is 9. The van der Waals surface area contributed by atoms with E-state index in [2.05, 4.69) is 134 Å². The van der Waals surface area contributed by atoms with Gasteiger partial charge in [0.2, 0.25) is 5.71 Å². The number of pyridine rings is 3. The molecule has 0 saturated heterocycles. The molecule has 5 heterocycles. The number of imidazole rings is 1. The van der Waals surface area contributed by atoms with Gasteiger partial charge in [-0.25, -0.2) is 4.98 Å². The second-order valence-corrected chi connectivity index (χ2v) is 20.7. The average molecular weight is 954 g/mol. The molecule has 0 bridgehead atoms. The van der Waals surface area contributed by atoms with Crippen molar-refractivity contribution in [3.8, 4) is 28.3 Å². The maximum atomic E-state index is 6.13. The van der Waals surface area contributed by atoms with E-state index in [4.69, 9.17) is 19.4 Å². The van der Waals surface area contributed by atoms with Crippen molar-refractivity contribution in [3.63, 3.8) is 0 Å². The molecule has 5 aromatic heterocycles. The van der Waals surface area contributed by atoms with Crippen LogP contribution in [0.3, 0.4) is 0 Å². The summed E-state index contributed by atoms with van der Waals surface area (Å²) < 4.78 is 8.28. The summed E-state index contributed by atoms with van der Waals surface area (Å²) in [7, 11) is -1.43. The van der Waals surface area contributed by atoms with Crippen molar-refractivity contribution in [3.05, 3.63) is 168 Å². The number of hydrogen-bond acceptors (Lipinski definition) is 5. The second-order valence-electron chi connectivity index (χ2n) is 15.7. The van der Waals surface area contributed by atoms with Crippen molar-refractivity contribution in [1.82, 2.24) is 24.5 Å². The summed E-state index contributed by atoms with van der Waals surface area (Å²) in [6.45, 7) is 13.5. The molecule has 58 heavy (non-hydrogen) atoms. The number of nitrogens with zero attached hydrogens (tertiary/aromatic N) is 5. The van der Waals surface area contributed by atoms with Gasteiger partial charge in [0, 0.05) is 54.7 Å². The Kier molecular flexibility index (Phi) is 12.3. The number of aryl methyl sites for hydroxylation is 1. The van der Waals surface area contributed by atoms with E-state index in [0.29, 0.717) is 11.6 Å². The zero-order valence-electron chi connectivity index (χ0n) is 33.9. The van der Waals surface area contributed by atoms with Crippen molar-refractivity contribution in [1.29, 1.82) is 0 Å². The van der Waals surface area contributed by atoms with Crippen LogP contribution < -0.4 is 5.19 Å². The molecule has 0 aliphatic carbocycles. The molecule has 0 amide bonds. The van der Waals surface area contributed by atoms with E-state index < -0.39 is 8.07 Å². The van der Waals surface area contributed by atoms with Gasteiger partial charge in [-0.05, 0) is 73.0 Å². The zero-order valence-corrected chi connectivity index (χ0v) is 37.3. The number of hydrogen-bond donors (Lipinski definition) is 0.